The molecule has 20 heavy (non-hydrogen) atoms. The summed E-state index contributed by atoms with van der Waals surface area (Å²) in [6, 6.07) is 8.27. The SMILES string of the molecule is COC(C)(C)CC(=O)N[C@H](Cc1ccccc1)C(=O)O. The van der Waals surface area contributed by atoms with Gasteiger partial charge in [-0.3, -0.25) is 4.79 Å². The number of amides is 1. The van der Waals surface area contributed by atoms with Gasteiger partial charge in [-0.25, -0.2) is 4.79 Å². The van der Waals surface area contributed by atoms with Gasteiger partial charge in [0.05, 0.1) is 12.0 Å². The second-order valence-electron chi connectivity index (χ2n) is 5.29. The van der Waals surface area contributed by atoms with Crippen LogP contribution in [0, 0.1) is 0 Å². The van der Waals surface area contributed by atoms with Crippen molar-refractivity contribution in [3.8, 4) is 0 Å². The molecule has 1 amide bonds. The first-order chi connectivity index (χ1) is 9.34. The van der Waals surface area contributed by atoms with Crippen molar-refractivity contribution in [3.05, 3.63) is 35.9 Å². The molecule has 1 atom stereocenters. The molecule has 5 heteroatoms. The first-order valence-corrected chi connectivity index (χ1v) is 6.45. The molecule has 2 N–H and O–H groups in total. The van der Waals surface area contributed by atoms with Crippen molar-refractivity contribution in [2.45, 2.75) is 38.3 Å². The lowest BCUT2D eigenvalue weighted by atomic mass is 10.0. The van der Waals surface area contributed by atoms with Gasteiger partial charge in [0.1, 0.15) is 6.04 Å². The standard InChI is InChI=1S/C15H21NO4/c1-15(2,20-3)10-13(17)16-12(14(18)19)9-11-7-5-4-6-8-11/h4-8,12H,9-10H2,1-3H3,(H,16,17)(H,18,19)/t12-/m1/s1. The van der Waals surface area contributed by atoms with Gasteiger partial charge >= 0.3 is 5.97 Å². The number of benzene rings is 1. The van der Waals surface area contributed by atoms with Crippen LogP contribution in [0.1, 0.15) is 25.8 Å². The second-order valence-corrected chi connectivity index (χ2v) is 5.29. The Hall–Kier alpha value is -1.88. The third-order valence-electron chi connectivity index (χ3n) is 3.05. The molecule has 0 aromatic heterocycles. The van der Waals surface area contributed by atoms with Gasteiger partial charge in [-0.1, -0.05) is 30.3 Å². The maximum absolute atomic E-state index is 11.9. The van der Waals surface area contributed by atoms with Crippen LogP contribution in [0.4, 0.5) is 0 Å². The smallest absolute Gasteiger partial charge is 0.326 e. The molecule has 0 unspecified atom stereocenters. The highest BCUT2D eigenvalue weighted by Crippen LogP contribution is 2.13. The number of carboxylic acids is 1. The third kappa shape index (κ3) is 5.40. The molecule has 0 bridgehead atoms. The molecule has 0 fully saturated rings. The molecule has 1 aromatic carbocycles. The van der Waals surface area contributed by atoms with Crippen LogP contribution in [0.5, 0.6) is 0 Å². The predicted molar refractivity (Wildman–Crippen MR) is 75.4 cm³/mol. The fourth-order valence-corrected chi connectivity index (χ4v) is 1.75. The van der Waals surface area contributed by atoms with E-state index in [2.05, 4.69) is 5.32 Å². The summed E-state index contributed by atoms with van der Waals surface area (Å²) < 4.78 is 5.16. The van der Waals surface area contributed by atoms with Gasteiger partial charge in [0.2, 0.25) is 5.91 Å². The minimum Gasteiger partial charge on any atom is -0.480 e. The molecular weight excluding hydrogens is 258 g/mol. The van der Waals surface area contributed by atoms with Gasteiger partial charge in [-0.2, -0.15) is 0 Å². The molecule has 1 aromatic rings. The molecule has 0 saturated heterocycles. The van der Waals surface area contributed by atoms with Crippen molar-refractivity contribution in [1.82, 2.24) is 5.32 Å². The average molecular weight is 279 g/mol. The van der Waals surface area contributed by atoms with Gasteiger partial charge in [0.15, 0.2) is 0 Å². The molecule has 0 heterocycles. The fraction of sp³-hybridized carbons (Fsp3) is 0.467. The number of methoxy groups -OCH3 is 1. The normalized spacial score (nSPS) is 12.8. The third-order valence-corrected chi connectivity index (χ3v) is 3.05. The minimum absolute atomic E-state index is 0.113. The number of nitrogens with one attached hydrogen (secondary N) is 1. The van der Waals surface area contributed by atoms with Crippen molar-refractivity contribution in [2.75, 3.05) is 7.11 Å². The first kappa shape index (κ1) is 16.2. The molecule has 0 aliphatic heterocycles. The number of carbonyl (C=O) groups is 2. The van der Waals surface area contributed by atoms with E-state index in [-0.39, 0.29) is 18.7 Å². The second kappa shape index (κ2) is 7.05. The molecule has 5 nitrogen and oxygen atoms in total. The minimum atomic E-state index is -1.04. The predicted octanol–water partition coefficient (Wildman–Crippen LogP) is 1.61. The van der Waals surface area contributed by atoms with Crippen molar-refractivity contribution in [1.29, 1.82) is 0 Å². The van der Waals surface area contributed by atoms with Crippen LogP contribution in [0.2, 0.25) is 0 Å². The molecule has 0 aliphatic rings. The number of aliphatic carboxylic acids is 1. The number of carbonyl (C=O) groups excluding carboxylic acids is 1. The number of ether oxygens (including phenoxy) is 1. The zero-order valence-corrected chi connectivity index (χ0v) is 12.1. The maximum Gasteiger partial charge on any atom is 0.326 e. The summed E-state index contributed by atoms with van der Waals surface area (Å²) in [5.41, 5.74) is 0.256. The zero-order chi connectivity index (χ0) is 15.2. The van der Waals surface area contributed by atoms with Crippen LogP contribution in [0.3, 0.4) is 0 Å². The van der Waals surface area contributed by atoms with E-state index in [9.17, 15) is 14.7 Å². The molecule has 110 valence electrons. The monoisotopic (exact) mass is 279 g/mol. The highest BCUT2D eigenvalue weighted by Gasteiger charge is 2.25. The first-order valence-electron chi connectivity index (χ1n) is 6.45. The molecule has 0 radical (unpaired) electrons. The summed E-state index contributed by atoms with van der Waals surface area (Å²) in [6.07, 6.45) is 0.372. The van der Waals surface area contributed by atoms with Crippen LogP contribution in [0.25, 0.3) is 0 Å². The van der Waals surface area contributed by atoms with Gasteiger partial charge in [0, 0.05) is 13.5 Å². The fourth-order valence-electron chi connectivity index (χ4n) is 1.75. The van der Waals surface area contributed by atoms with Crippen LogP contribution in [-0.2, 0) is 20.7 Å². The van der Waals surface area contributed by atoms with Crippen molar-refractivity contribution < 1.29 is 19.4 Å². The Morgan fingerprint density at radius 1 is 1.30 bits per heavy atom. The average Bonchev–Trinajstić information content (AvgIpc) is 2.38. The number of hydrogen-bond donors (Lipinski definition) is 2. The van der Waals surface area contributed by atoms with E-state index in [4.69, 9.17) is 4.74 Å². The van der Waals surface area contributed by atoms with Crippen LogP contribution in [0.15, 0.2) is 30.3 Å². The van der Waals surface area contributed by atoms with E-state index in [1.807, 2.05) is 30.3 Å². The Kier molecular flexibility index (Phi) is 5.70. The van der Waals surface area contributed by atoms with Crippen molar-refractivity contribution in [2.24, 2.45) is 0 Å². The molecule has 0 aliphatic carbocycles. The van der Waals surface area contributed by atoms with E-state index in [0.29, 0.717) is 0 Å². The molecule has 0 spiro atoms. The molecule has 1 rings (SSSR count). The van der Waals surface area contributed by atoms with Crippen molar-refractivity contribution in [3.63, 3.8) is 0 Å². The molecule has 0 saturated carbocycles. The Bertz CT molecular complexity index is 456. The number of carboxylic acid groups (broad SMARTS) is 1. The zero-order valence-electron chi connectivity index (χ0n) is 12.1. The summed E-state index contributed by atoms with van der Waals surface area (Å²) >= 11 is 0. The van der Waals surface area contributed by atoms with Crippen molar-refractivity contribution >= 4 is 11.9 Å². The van der Waals surface area contributed by atoms with Gasteiger partial charge in [0.25, 0.3) is 0 Å². The highest BCUT2D eigenvalue weighted by molar-refractivity contribution is 5.84. The largest absolute Gasteiger partial charge is 0.480 e. The number of hydrogen-bond acceptors (Lipinski definition) is 3. The van der Waals surface area contributed by atoms with E-state index in [0.717, 1.165) is 5.56 Å². The Morgan fingerprint density at radius 3 is 2.40 bits per heavy atom. The summed E-state index contributed by atoms with van der Waals surface area (Å²) in [7, 11) is 1.52. The highest BCUT2D eigenvalue weighted by atomic mass is 16.5. The van der Waals surface area contributed by atoms with Crippen LogP contribution in [-0.4, -0.2) is 35.7 Å². The lowest BCUT2D eigenvalue weighted by molar-refractivity contribution is -0.142. The van der Waals surface area contributed by atoms with E-state index >= 15 is 0 Å². The lowest BCUT2D eigenvalue weighted by Gasteiger charge is -2.23. The Morgan fingerprint density at radius 2 is 1.90 bits per heavy atom. The van der Waals surface area contributed by atoms with E-state index in [1.165, 1.54) is 7.11 Å². The maximum atomic E-state index is 11.9. The van der Waals surface area contributed by atoms with E-state index < -0.39 is 17.6 Å². The van der Waals surface area contributed by atoms with Crippen LogP contribution >= 0.6 is 0 Å². The Balaban J connectivity index is 2.64. The van der Waals surface area contributed by atoms with Gasteiger partial charge in [-0.05, 0) is 19.4 Å². The van der Waals surface area contributed by atoms with Gasteiger partial charge in [-0.15, -0.1) is 0 Å². The molecular formula is C15H21NO4. The number of rotatable bonds is 7. The summed E-state index contributed by atoms with van der Waals surface area (Å²) in [5, 5.41) is 11.7. The summed E-state index contributed by atoms with van der Waals surface area (Å²) in [4.78, 5) is 23.1. The Labute approximate surface area is 118 Å². The van der Waals surface area contributed by atoms with Gasteiger partial charge < -0.3 is 15.2 Å². The lowest BCUT2D eigenvalue weighted by Crippen LogP contribution is -2.44. The van der Waals surface area contributed by atoms with E-state index in [1.54, 1.807) is 13.8 Å². The summed E-state index contributed by atoms with van der Waals surface area (Å²) in [6.45, 7) is 3.55. The topological polar surface area (TPSA) is 75.6 Å². The quantitative estimate of drug-likeness (QED) is 0.795. The van der Waals surface area contributed by atoms with Crippen LogP contribution < -0.4 is 5.32 Å². The summed E-state index contributed by atoms with van der Waals surface area (Å²) in [5.74, 6) is -1.38.